The van der Waals surface area contributed by atoms with E-state index in [0.29, 0.717) is 32.3 Å². The van der Waals surface area contributed by atoms with Crippen molar-refractivity contribution in [2.24, 2.45) is 5.92 Å². The van der Waals surface area contributed by atoms with Gasteiger partial charge in [0.25, 0.3) is 0 Å². The van der Waals surface area contributed by atoms with Gasteiger partial charge in [-0.25, -0.2) is 4.98 Å². The second-order valence-corrected chi connectivity index (χ2v) is 6.40. The summed E-state index contributed by atoms with van der Waals surface area (Å²) in [6.45, 7) is 7.61. The molecule has 0 aromatic carbocycles. The maximum Gasteiger partial charge on any atom is 0.224 e. The molecule has 0 saturated carbocycles. The van der Waals surface area contributed by atoms with Crippen LogP contribution in [0.4, 0.5) is 11.8 Å². The van der Waals surface area contributed by atoms with Crippen LogP contribution in [0.3, 0.4) is 0 Å². The molecule has 1 aromatic rings. The molecule has 0 aliphatic carbocycles. The molecule has 2 N–H and O–H groups in total. The normalized spacial score (nSPS) is 18.8. The third-order valence-corrected chi connectivity index (χ3v) is 4.48. The van der Waals surface area contributed by atoms with Crippen molar-refractivity contribution in [3.05, 3.63) is 11.8 Å². The largest absolute Gasteiger partial charge is 0.381 e. The van der Waals surface area contributed by atoms with E-state index in [1.165, 1.54) is 0 Å². The Bertz CT molecular complexity index is 571. The van der Waals surface area contributed by atoms with Crippen molar-refractivity contribution in [2.75, 3.05) is 62.8 Å². The molecule has 1 amide bonds. The number of rotatable bonds is 6. The standard InChI is InChI=1S/C17H27N5O3/c1-13-12-15(22-6-10-25-11-7-22)21-17(20-13)19-5-4-18-16(23)14-2-8-24-9-3-14/h12,14H,2-11H2,1H3,(H,18,23)(H,19,20,21). The number of carbonyl (C=O) groups excluding carboxylic acids is 1. The summed E-state index contributed by atoms with van der Waals surface area (Å²) in [6, 6.07) is 1.99. The quantitative estimate of drug-likeness (QED) is 0.726. The highest BCUT2D eigenvalue weighted by molar-refractivity contribution is 5.78. The molecule has 8 heteroatoms. The predicted molar refractivity (Wildman–Crippen MR) is 94.8 cm³/mol. The van der Waals surface area contributed by atoms with Crippen molar-refractivity contribution in [2.45, 2.75) is 19.8 Å². The van der Waals surface area contributed by atoms with Crippen LogP contribution in [-0.2, 0) is 14.3 Å². The molecule has 0 unspecified atom stereocenters. The Kier molecular flexibility index (Phi) is 6.41. The summed E-state index contributed by atoms with van der Waals surface area (Å²) >= 11 is 0. The monoisotopic (exact) mass is 349 g/mol. The molecule has 8 nitrogen and oxygen atoms in total. The molecule has 2 fully saturated rings. The molecule has 3 rings (SSSR count). The number of carbonyl (C=O) groups is 1. The minimum atomic E-state index is 0.0805. The van der Waals surface area contributed by atoms with Crippen molar-refractivity contribution in [3.63, 3.8) is 0 Å². The zero-order valence-electron chi connectivity index (χ0n) is 14.8. The molecule has 2 aliphatic heterocycles. The summed E-state index contributed by atoms with van der Waals surface area (Å²) < 4.78 is 10.7. The SMILES string of the molecule is Cc1cc(N2CCOCC2)nc(NCCNC(=O)C2CCOCC2)n1. The summed E-state index contributed by atoms with van der Waals surface area (Å²) in [7, 11) is 0. The van der Waals surface area contributed by atoms with Crippen LogP contribution in [0.1, 0.15) is 18.5 Å². The van der Waals surface area contributed by atoms with Crippen molar-refractivity contribution in [1.29, 1.82) is 0 Å². The van der Waals surface area contributed by atoms with Crippen LogP contribution in [-0.4, -0.2) is 68.5 Å². The Morgan fingerprint density at radius 3 is 2.64 bits per heavy atom. The van der Waals surface area contributed by atoms with Crippen LogP contribution in [0.2, 0.25) is 0 Å². The van der Waals surface area contributed by atoms with Gasteiger partial charge in [-0.3, -0.25) is 4.79 Å². The predicted octanol–water partition coefficient (Wildman–Crippen LogP) is 0.576. The molecule has 2 aliphatic rings. The lowest BCUT2D eigenvalue weighted by molar-refractivity contribution is -0.127. The van der Waals surface area contributed by atoms with E-state index in [-0.39, 0.29) is 11.8 Å². The van der Waals surface area contributed by atoms with Crippen molar-refractivity contribution in [1.82, 2.24) is 15.3 Å². The zero-order valence-corrected chi connectivity index (χ0v) is 14.8. The van der Waals surface area contributed by atoms with Gasteiger partial charge >= 0.3 is 0 Å². The first-order valence-corrected chi connectivity index (χ1v) is 9.00. The average Bonchev–Trinajstić information content (AvgIpc) is 2.66. The van der Waals surface area contributed by atoms with Gasteiger partial charge in [-0.05, 0) is 19.8 Å². The van der Waals surface area contributed by atoms with Gasteiger partial charge in [0.05, 0.1) is 13.2 Å². The maximum atomic E-state index is 12.1. The summed E-state index contributed by atoms with van der Waals surface area (Å²) in [5.74, 6) is 1.72. The first-order chi connectivity index (χ1) is 12.2. The Morgan fingerprint density at radius 1 is 1.16 bits per heavy atom. The maximum absolute atomic E-state index is 12.1. The number of aromatic nitrogens is 2. The third-order valence-electron chi connectivity index (χ3n) is 4.48. The van der Waals surface area contributed by atoms with Gasteiger partial charge in [-0.2, -0.15) is 4.98 Å². The number of hydrogen-bond donors (Lipinski definition) is 2. The van der Waals surface area contributed by atoms with Gasteiger partial charge in [0, 0.05) is 57.1 Å². The Morgan fingerprint density at radius 2 is 1.88 bits per heavy atom. The Labute approximate surface area is 148 Å². The van der Waals surface area contributed by atoms with Crippen LogP contribution in [0.25, 0.3) is 0 Å². The number of hydrogen-bond acceptors (Lipinski definition) is 7. The number of aryl methyl sites for hydroxylation is 1. The van der Waals surface area contributed by atoms with E-state index in [2.05, 4.69) is 25.5 Å². The van der Waals surface area contributed by atoms with Gasteiger partial charge in [0.2, 0.25) is 11.9 Å². The van der Waals surface area contributed by atoms with Gasteiger partial charge in [-0.15, -0.1) is 0 Å². The lowest BCUT2D eigenvalue weighted by Gasteiger charge is -2.28. The zero-order chi connectivity index (χ0) is 17.5. The van der Waals surface area contributed by atoms with Crippen molar-refractivity contribution < 1.29 is 14.3 Å². The molecule has 1 aromatic heterocycles. The molecule has 0 spiro atoms. The molecule has 0 bridgehead atoms. The second-order valence-electron chi connectivity index (χ2n) is 6.40. The van der Waals surface area contributed by atoms with Crippen LogP contribution in [0.5, 0.6) is 0 Å². The van der Waals surface area contributed by atoms with Gasteiger partial charge in [0.1, 0.15) is 5.82 Å². The Balaban J connectivity index is 1.46. The molecular formula is C17H27N5O3. The second kappa shape index (κ2) is 8.96. The van der Waals surface area contributed by atoms with Crippen molar-refractivity contribution in [3.8, 4) is 0 Å². The molecular weight excluding hydrogens is 322 g/mol. The Hall–Kier alpha value is -1.93. The minimum Gasteiger partial charge on any atom is -0.381 e. The minimum absolute atomic E-state index is 0.0805. The highest BCUT2D eigenvalue weighted by Gasteiger charge is 2.21. The van der Waals surface area contributed by atoms with E-state index in [4.69, 9.17) is 9.47 Å². The number of nitrogens with one attached hydrogen (secondary N) is 2. The van der Waals surface area contributed by atoms with E-state index in [0.717, 1.165) is 50.7 Å². The highest BCUT2D eigenvalue weighted by Crippen LogP contribution is 2.16. The highest BCUT2D eigenvalue weighted by atomic mass is 16.5. The molecule has 25 heavy (non-hydrogen) atoms. The van der Waals surface area contributed by atoms with Crippen LogP contribution in [0.15, 0.2) is 6.07 Å². The van der Waals surface area contributed by atoms with E-state index in [9.17, 15) is 4.79 Å². The summed E-state index contributed by atoms with van der Waals surface area (Å²) in [5, 5.41) is 6.18. The third kappa shape index (κ3) is 5.27. The topological polar surface area (TPSA) is 88.6 Å². The lowest BCUT2D eigenvalue weighted by Crippen LogP contribution is -2.37. The number of nitrogens with zero attached hydrogens (tertiary/aromatic N) is 3. The molecule has 2 saturated heterocycles. The van der Waals surface area contributed by atoms with E-state index >= 15 is 0 Å². The number of morpholine rings is 1. The molecule has 0 atom stereocenters. The fourth-order valence-corrected chi connectivity index (χ4v) is 3.05. The molecule has 138 valence electrons. The van der Waals surface area contributed by atoms with E-state index < -0.39 is 0 Å². The molecule has 3 heterocycles. The summed E-state index contributed by atoms with van der Waals surface area (Å²) in [4.78, 5) is 23.3. The fraction of sp³-hybridized carbons (Fsp3) is 0.706. The van der Waals surface area contributed by atoms with Gasteiger partial charge < -0.3 is 25.0 Å². The van der Waals surface area contributed by atoms with E-state index in [1.807, 2.05) is 13.0 Å². The average molecular weight is 349 g/mol. The van der Waals surface area contributed by atoms with E-state index in [1.54, 1.807) is 0 Å². The number of anilines is 2. The van der Waals surface area contributed by atoms with Gasteiger partial charge in [0.15, 0.2) is 0 Å². The van der Waals surface area contributed by atoms with Crippen LogP contribution < -0.4 is 15.5 Å². The van der Waals surface area contributed by atoms with Crippen LogP contribution >= 0.6 is 0 Å². The van der Waals surface area contributed by atoms with Crippen molar-refractivity contribution >= 4 is 17.7 Å². The first kappa shape index (κ1) is 17.9. The smallest absolute Gasteiger partial charge is 0.224 e. The number of ether oxygens (including phenoxy) is 2. The lowest BCUT2D eigenvalue weighted by atomic mass is 9.99. The fourth-order valence-electron chi connectivity index (χ4n) is 3.05. The number of amides is 1. The summed E-state index contributed by atoms with van der Waals surface area (Å²) in [6.07, 6.45) is 1.62. The first-order valence-electron chi connectivity index (χ1n) is 9.00. The molecule has 0 radical (unpaired) electrons. The van der Waals surface area contributed by atoms with Gasteiger partial charge in [-0.1, -0.05) is 0 Å². The van der Waals surface area contributed by atoms with Crippen LogP contribution in [0, 0.1) is 12.8 Å². The summed E-state index contributed by atoms with van der Waals surface area (Å²) in [5.41, 5.74) is 0.922.